The number of fused-ring (bicyclic) bond motifs is 1. The third-order valence-electron chi connectivity index (χ3n) is 7.00. The van der Waals surface area contributed by atoms with Gasteiger partial charge in [-0.2, -0.15) is 0 Å². The Labute approximate surface area is 189 Å². The fraction of sp³-hybridized carbons (Fsp3) is 0.385. The molecule has 31 heavy (non-hydrogen) atoms. The molecular formula is C26H34O3Si2. The zero-order valence-corrected chi connectivity index (χ0v) is 21.5. The van der Waals surface area contributed by atoms with E-state index in [1.807, 2.05) is 12.1 Å². The van der Waals surface area contributed by atoms with E-state index in [2.05, 4.69) is 86.9 Å². The van der Waals surface area contributed by atoms with Crippen LogP contribution in [-0.2, 0) is 4.12 Å². The van der Waals surface area contributed by atoms with Gasteiger partial charge < -0.3 is 13.6 Å². The van der Waals surface area contributed by atoms with Gasteiger partial charge in [-0.3, -0.25) is 0 Å². The average molecular weight is 451 g/mol. The lowest BCUT2D eigenvalue weighted by Gasteiger charge is -2.40. The molecule has 1 saturated heterocycles. The van der Waals surface area contributed by atoms with Crippen LogP contribution in [0.5, 0.6) is 11.5 Å². The van der Waals surface area contributed by atoms with Crippen molar-refractivity contribution in [2.24, 2.45) is 5.92 Å². The molecule has 1 fully saturated rings. The van der Waals surface area contributed by atoms with Crippen molar-refractivity contribution < 1.29 is 13.6 Å². The van der Waals surface area contributed by atoms with Crippen LogP contribution in [0, 0.1) is 5.92 Å². The van der Waals surface area contributed by atoms with Crippen LogP contribution in [0.15, 0.2) is 66.8 Å². The minimum Gasteiger partial charge on any atom is -0.497 e. The Kier molecular flexibility index (Phi) is 6.03. The Morgan fingerprint density at radius 1 is 0.774 bits per heavy atom. The number of rotatable bonds is 5. The normalized spacial score (nSPS) is 28.5. The summed E-state index contributed by atoms with van der Waals surface area (Å²) in [7, 11) is -0.148. The lowest BCUT2D eigenvalue weighted by Crippen LogP contribution is -2.38. The van der Waals surface area contributed by atoms with Crippen molar-refractivity contribution >= 4 is 22.7 Å². The first-order valence-electron chi connectivity index (χ1n) is 11.1. The van der Waals surface area contributed by atoms with E-state index < -0.39 is 16.6 Å². The number of hydrogen-bond donors (Lipinski definition) is 0. The Balaban J connectivity index is 1.73. The molecule has 4 atom stereocenters. The summed E-state index contributed by atoms with van der Waals surface area (Å²) in [6, 6.07) is 16.9. The van der Waals surface area contributed by atoms with Crippen molar-refractivity contribution in [2.75, 3.05) is 14.2 Å². The highest BCUT2D eigenvalue weighted by Crippen LogP contribution is 2.60. The van der Waals surface area contributed by atoms with Gasteiger partial charge in [-0.1, -0.05) is 48.6 Å². The van der Waals surface area contributed by atoms with Crippen LogP contribution in [0.1, 0.15) is 17.0 Å². The Hall–Kier alpha value is -2.09. The number of benzene rings is 2. The van der Waals surface area contributed by atoms with Crippen LogP contribution in [0.2, 0.25) is 37.3 Å². The third kappa shape index (κ3) is 4.31. The lowest BCUT2D eigenvalue weighted by molar-refractivity contribution is 0.414. The lowest BCUT2D eigenvalue weighted by atomic mass is 9.78. The monoisotopic (exact) mass is 450 g/mol. The van der Waals surface area contributed by atoms with Crippen molar-refractivity contribution in [2.45, 2.75) is 43.2 Å². The molecule has 1 aliphatic carbocycles. The second-order valence-corrected chi connectivity index (χ2v) is 18.3. The zero-order valence-electron chi connectivity index (χ0n) is 19.5. The number of methoxy groups -OCH3 is 2. The van der Waals surface area contributed by atoms with Gasteiger partial charge in [-0.25, -0.2) is 0 Å². The standard InChI is InChI=1S/C26H34O3Si2/c1-27-21-12-7-19(8-13-21)9-16-24-23(20-10-14-22(28-2)15-11-20)17-18-25-26(24)31(5,6)29-30(25,3)4/h7-18,23-26H,1-6H3/b16-9+/t23-,24+,25-,26-/m1/s1. The van der Waals surface area contributed by atoms with Gasteiger partial charge in [0.15, 0.2) is 16.6 Å². The summed E-state index contributed by atoms with van der Waals surface area (Å²) in [6.07, 6.45) is 9.67. The first-order valence-corrected chi connectivity index (χ1v) is 17.1. The molecule has 0 saturated carbocycles. The summed E-state index contributed by atoms with van der Waals surface area (Å²) >= 11 is 0. The van der Waals surface area contributed by atoms with E-state index in [9.17, 15) is 0 Å². The second-order valence-electron chi connectivity index (χ2n) is 9.75. The van der Waals surface area contributed by atoms with Crippen molar-refractivity contribution in [3.05, 3.63) is 77.9 Å². The van der Waals surface area contributed by atoms with Gasteiger partial charge in [0.2, 0.25) is 0 Å². The molecule has 0 N–H and O–H groups in total. The van der Waals surface area contributed by atoms with Crippen LogP contribution in [-0.4, -0.2) is 30.9 Å². The smallest absolute Gasteiger partial charge is 0.180 e. The first kappa shape index (κ1) is 22.1. The van der Waals surface area contributed by atoms with Gasteiger partial charge >= 0.3 is 0 Å². The molecule has 2 aromatic carbocycles. The molecule has 164 valence electrons. The summed E-state index contributed by atoms with van der Waals surface area (Å²) in [5.41, 5.74) is 3.71. The largest absolute Gasteiger partial charge is 0.497 e. The fourth-order valence-corrected chi connectivity index (χ4v) is 18.5. The molecule has 0 radical (unpaired) electrons. The summed E-state index contributed by atoms with van der Waals surface area (Å²) < 4.78 is 17.6. The van der Waals surface area contributed by atoms with Gasteiger partial charge in [-0.05, 0) is 78.6 Å². The topological polar surface area (TPSA) is 27.7 Å². The fourth-order valence-electron chi connectivity index (χ4n) is 5.66. The van der Waals surface area contributed by atoms with Crippen molar-refractivity contribution in [1.82, 2.24) is 0 Å². The molecule has 0 spiro atoms. The molecule has 2 aromatic rings. The highest BCUT2D eigenvalue weighted by molar-refractivity contribution is 6.92. The summed E-state index contributed by atoms with van der Waals surface area (Å²) in [5, 5.41) is 0. The number of allylic oxidation sites excluding steroid dienone is 3. The van der Waals surface area contributed by atoms with Crippen molar-refractivity contribution in [3.63, 3.8) is 0 Å². The maximum atomic E-state index is 6.87. The van der Waals surface area contributed by atoms with E-state index in [-0.39, 0.29) is 0 Å². The van der Waals surface area contributed by atoms with Crippen molar-refractivity contribution in [3.8, 4) is 11.5 Å². The molecular weight excluding hydrogens is 416 g/mol. The Bertz CT molecular complexity index is 961. The molecule has 2 aliphatic rings. The predicted molar refractivity (Wildman–Crippen MR) is 134 cm³/mol. The molecule has 4 rings (SSSR count). The van der Waals surface area contributed by atoms with E-state index in [1.54, 1.807) is 14.2 Å². The van der Waals surface area contributed by atoms with Crippen LogP contribution in [0.3, 0.4) is 0 Å². The average Bonchev–Trinajstić information content (AvgIpc) is 2.96. The molecule has 0 aromatic heterocycles. The first-order chi connectivity index (χ1) is 14.7. The highest BCUT2D eigenvalue weighted by atomic mass is 28.4. The van der Waals surface area contributed by atoms with Gasteiger partial charge in [0, 0.05) is 5.92 Å². The SMILES string of the molecule is COc1ccc(/C=C/[C@@H]2[C@@H]3[C@@H](C=C[C@@H]2c2ccc(OC)cc2)[Si](C)(C)O[Si]3(C)C)cc1. The van der Waals surface area contributed by atoms with E-state index in [1.165, 1.54) is 11.1 Å². The van der Waals surface area contributed by atoms with Crippen LogP contribution >= 0.6 is 0 Å². The van der Waals surface area contributed by atoms with Gasteiger partial charge in [0.1, 0.15) is 11.5 Å². The maximum absolute atomic E-state index is 6.87. The van der Waals surface area contributed by atoms with Gasteiger partial charge in [-0.15, -0.1) is 0 Å². The molecule has 5 heteroatoms. The van der Waals surface area contributed by atoms with Crippen LogP contribution < -0.4 is 9.47 Å². The van der Waals surface area contributed by atoms with E-state index >= 15 is 0 Å². The number of hydrogen-bond acceptors (Lipinski definition) is 3. The van der Waals surface area contributed by atoms with E-state index in [0.29, 0.717) is 22.9 Å². The minimum atomic E-state index is -1.83. The Morgan fingerprint density at radius 3 is 1.94 bits per heavy atom. The summed E-state index contributed by atoms with van der Waals surface area (Å²) in [4.78, 5) is 0. The van der Waals surface area contributed by atoms with Crippen LogP contribution in [0.4, 0.5) is 0 Å². The van der Waals surface area contributed by atoms with Gasteiger partial charge in [0.05, 0.1) is 14.2 Å². The molecule has 0 unspecified atom stereocenters. The summed E-state index contributed by atoms with van der Waals surface area (Å²) in [5.74, 6) is 2.56. The predicted octanol–water partition coefficient (Wildman–Crippen LogP) is 6.87. The summed E-state index contributed by atoms with van der Waals surface area (Å²) in [6.45, 7) is 9.64. The zero-order chi connectivity index (χ0) is 22.2. The van der Waals surface area contributed by atoms with E-state index in [0.717, 1.165) is 11.5 Å². The molecule has 0 bridgehead atoms. The van der Waals surface area contributed by atoms with Crippen LogP contribution in [0.25, 0.3) is 6.08 Å². The third-order valence-corrected chi connectivity index (χ3v) is 16.0. The van der Waals surface area contributed by atoms with E-state index in [4.69, 9.17) is 13.6 Å². The molecule has 1 aliphatic heterocycles. The maximum Gasteiger partial charge on any atom is 0.180 e. The quantitative estimate of drug-likeness (QED) is 0.367. The Morgan fingerprint density at radius 2 is 1.35 bits per heavy atom. The highest BCUT2D eigenvalue weighted by Gasteiger charge is 2.59. The number of ether oxygens (including phenoxy) is 2. The molecule has 3 nitrogen and oxygen atoms in total. The molecule has 0 amide bonds. The molecule has 1 heterocycles. The second kappa shape index (κ2) is 8.45. The minimum absolute atomic E-state index is 0.347. The van der Waals surface area contributed by atoms with Gasteiger partial charge in [0.25, 0.3) is 0 Å². The van der Waals surface area contributed by atoms with Crippen molar-refractivity contribution in [1.29, 1.82) is 0 Å².